The number of aromatic nitrogens is 1. The number of carbonyl (C=O) groups excluding carboxylic acids is 8. The molecule has 1 saturated heterocycles. The van der Waals surface area contributed by atoms with E-state index in [2.05, 4.69) is 4.98 Å². The number of fused-ring (bicyclic) bond motifs is 5. The minimum absolute atomic E-state index is 0.0225. The summed E-state index contributed by atoms with van der Waals surface area (Å²) < 4.78 is 55.4. The molecule has 2 aromatic rings. The fourth-order valence-electron chi connectivity index (χ4n) is 9.74. The van der Waals surface area contributed by atoms with Gasteiger partial charge in [0.2, 0.25) is 0 Å². The van der Waals surface area contributed by atoms with Crippen LogP contribution in [0.25, 0.3) is 0 Å². The average molecular weight is 868 g/mol. The SMILES string of the molecule is CC(=O)OC[C@@]12[C@H](OC(C)=O)[C@H](OC(C)=O)[C@H]3[C@@H](OC(C)=O)[C@]14O[C@]3(C)COC(=O)c1cccnc1CC[C@H](C)C(=O)O[C@H]([C@H](OC(C)=O)[C@@H]2OC(=O)c1ccccc1)[C@]4(C)O. The van der Waals surface area contributed by atoms with Crippen LogP contribution in [0.3, 0.4) is 0 Å². The molecule has 4 aliphatic rings. The molecular formula is C43H49NO18. The molecule has 1 N–H and O–H groups in total. The molecule has 12 atom stereocenters. The zero-order valence-electron chi connectivity index (χ0n) is 35.4. The zero-order valence-corrected chi connectivity index (χ0v) is 35.4. The van der Waals surface area contributed by atoms with Gasteiger partial charge in [-0.25, -0.2) is 9.59 Å². The van der Waals surface area contributed by atoms with Crippen molar-refractivity contribution in [2.75, 3.05) is 13.2 Å². The molecule has 2 saturated carbocycles. The topological polar surface area (TPSA) is 253 Å². The number of pyridine rings is 1. The average Bonchev–Trinajstić information content (AvgIpc) is 3.41. The van der Waals surface area contributed by atoms with Crippen molar-refractivity contribution in [3.05, 3.63) is 65.5 Å². The number of ether oxygens (including phenoxy) is 9. The normalized spacial score (nSPS) is 35.0. The minimum Gasteiger partial charge on any atom is -0.465 e. The van der Waals surface area contributed by atoms with Crippen molar-refractivity contribution in [2.24, 2.45) is 17.3 Å². The maximum Gasteiger partial charge on any atom is 0.340 e. The van der Waals surface area contributed by atoms with Crippen molar-refractivity contribution in [2.45, 2.75) is 122 Å². The molecule has 4 bridgehead atoms. The van der Waals surface area contributed by atoms with E-state index >= 15 is 0 Å². The van der Waals surface area contributed by atoms with E-state index in [1.165, 1.54) is 56.4 Å². The van der Waals surface area contributed by atoms with Gasteiger partial charge in [-0.3, -0.25) is 33.8 Å². The van der Waals surface area contributed by atoms with Gasteiger partial charge in [-0.15, -0.1) is 0 Å². The third-order valence-electron chi connectivity index (χ3n) is 12.1. The predicted molar refractivity (Wildman–Crippen MR) is 205 cm³/mol. The second kappa shape index (κ2) is 17.1. The Kier molecular flexibility index (Phi) is 12.6. The van der Waals surface area contributed by atoms with Crippen molar-refractivity contribution in [3.8, 4) is 0 Å². The highest BCUT2D eigenvalue weighted by molar-refractivity contribution is 5.91. The van der Waals surface area contributed by atoms with Gasteiger partial charge in [0.15, 0.2) is 30.0 Å². The summed E-state index contributed by atoms with van der Waals surface area (Å²) in [6.07, 6.45) is -10.6. The summed E-state index contributed by atoms with van der Waals surface area (Å²) in [7, 11) is 0. The second-order valence-corrected chi connectivity index (χ2v) is 16.4. The smallest absolute Gasteiger partial charge is 0.340 e. The number of carbonyl (C=O) groups is 8. The summed E-state index contributed by atoms with van der Waals surface area (Å²) in [5.41, 5.74) is -10.2. The Morgan fingerprint density at radius 2 is 1.37 bits per heavy atom. The lowest BCUT2D eigenvalue weighted by Crippen LogP contribution is -2.89. The standard InChI is InChI=1S/C43H49NO18/c1-21-16-17-29-28(15-12-18-44-29)39(52)55-19-40(7)30-31(56-23(3)46)35(59-26(6)49)42(20-54-22(2)45)36(61-38(51)27-13-10-9-11-14-27)32(57-24(4)47)34(60-37(21)50)41(8,53)43(42,62-40)33(30)58-25(5)48/h9-15,18,21,30-36,53H,16-17,19-20H2,1-8H3/t21-,30-,31+,32-,33+,34+,35+,36-,40+,41-,42-,43+/m0/s1. The van der Waals surface area contributed by atoms with Crippen molar-refractivity contribution in [3.63, 3.8) is 0 Å². The fraction of sp³-hybridized carbons (Fsp3) is 0.558. The van der Waals surface area contributed by atoms with Crippen LogP contribution >= 0.6 is 0 Å². The fourth-order valence-corrected chi connectivity index (χ4v) is 9.74. The molecule has 19 nitrogen and oxygen atoms in total. The van der Waals surface area contributed by atoms with Gasteiger partial charge < -0.3 is 47.7 Å². The van der Waals surface area contributed by atoms with Crippen LogP contribution in [0.15, 0.2) is 48.7 Å². The lowest BCUT2D eigenvalue weighted by molar-refractivity contribution is -0.385. The summed E-state index contributed by atoms with van der Waals surface area (Å²) in [6, 6.07) is 10.4. The first-order valence-corrected chi connectivity index (χ1v) is 19.9. The first-order chi connectivity index (χ1) is 29.1. The van der Waals surface area contributed by atoms with Crippen molar-refractivity contribution < 1.29 is 86.1 Å². The maximum atomic E-state index is 14.4. The Bertz CT molecular complexity index is 2140. The number of nitrogens with zero attached hydrogens (tertiary/aromatic N) is 1. The van der Waals surface area contributed by atoms with E-state index in [0.29, 0.717) is 0 Å². The van der Waals surface area contributed by atoms with E-state index in [1.807, 2.05) is 0 Å². The quantitative estimate of drug-likeness (QED) is 0.295. The van der Waals surface area contributed by atoms with Crippen LogP contribution in [0.1, 0.15) is 88.2 Å². The van der Waals surface area contributed by atoms with E-state index in [4.69, 9.17) is 42.6 Å². The van der Waals surface area contributed by atoms with Crippen LogP contribution in [0.2, 0.25) is 0 Å². The van der Waals surface area contributed by atoms with E-state index in [9.17, 15) is 43.5 Å². The van der Waals surface area contributed by atoms with Crippen molar-refractivity contribution >= 4 is 47.8 Å². The largest absolute Gasteiger partial charge is 0.465 e. The second-order valence-electron chi connectivity index (χ2n) is 16.4. The highest BCUT2D eigenvalue weighted by Crippen LogP contribution is 2.70. The molecule has 2 aliphatic carbocycles. The van der Waals surface area contributed by atoms with Crippen LogP contribution in [0.5, 0.6) is 0 Å². The minimum atomic E-state index is -2.84. The summed E-state index contributed by atoms with van der Waals surface area (Å²) >= 11 is 0. The van der Waals surface area contributed by atoms with Crippen molar-refractivity contribution in [1.29, 1.82) is 0 Å². The van der Waals surface area contributed by atoms with Gasteiger partial charge in [-0.05, 0) is 51.0 Å². The summed E-state index contributed by atoms with van der Waals surface area (Å²) in [6.45, 7) is 7.17. The lowest BCUT2D eigenvalue weighted by Gasteiger charge is -2.67. The summed E-state index contributed by atoms with van der Waals surface area (Å²) in [5, 5.41) is 13.6. The molecule has 1 spiro atoms. The lowest BCUT2D eigenvalue weighted by atomic mass is 9.45. The van der Waals surface area contributed by atoms with Gasteiger partial charge in [-0.1, -0.05) is 25.1 Å². The highest BCUT2D eigenvalue weighted by Gasteiger charge is 2.92. The number of hydrogen-bond donors (Lipinski definition) is 1. The monoisotopic (exact) mass is 867 g/mol. The number of cyclic esters (lactones) is 1. The number of hydrogen-bond acceptors (Lipinski definition) is 19. The Labute approximate surface area is 355 Å². The number of aliphatic hydroxyl groups is 1. The number of esters is 8. The molecule has 3 heterocycles. The van der Waals surface area contributed by atoms with Gasteiger partial charge in [-0.2, -0.15) is 0 Å². The Hall–Kier alpha value is -5.95. The van der Waals surface area contributed by atoms with Crippen LogP contribution in [-0.4, -0.2) is 124 Å². The molecule has 6 rings (SSSR count). The highest BCUT2D eigenvalue weighted by atomic mass is 16.7. The third-order valence-corrected chi connectivity index (χ3v) is 12.1. The molecule has 0 unspecified atom stereocenters. The van der Waals surface area contributed by atoms with Crippen LogP contribution < -0.4 is 0 Å². The molecule has 1 aromatic carbocycles. The maximum absolute atomic E-state index is 14.4. The van der Waals surface area contributed by atoms with Crippen molar-refractivity contribution in [1.82, 2.24) is 4.98 Å². The van der Waals surface area contributed by atoms with E-state index in [-0.39, 0.29) is 29.7 Å². The van der Waals surface area contributed by atoms with E-state index in [0.717, 1.165) is 41.5 Å². The Balaban J connectivity index is 1.79. The predicted octanol–water partition coefficient (Wildman–Crippen LogP) is 2.16. The first-order valence-electron chi connectivity index (χ1n) is 19.9. The van der Waals surface area contributed by atoms with E-state index < -0.39 is 132 Å². The van der Waals surface area contributed by atoms with Gasteiger partial charge in [0, 0.05) is 40.8 Å². The third kappa shape index (κ3) is 7.76. The first kappa shape index (κ1) is 45.6. The van der Waals surface area contributed by atoms with Crippen LogP contribution in [-0.2, 0) is 77.8 Å². The molecule has 0 amide bonds. The molecule has 334 valence electrons. The molecule has 2 aliphatic heterocycles. The van der Waals surface area contributed by atoms with Crippen LogP contribution in [0.4, 0.5) is 0 Å². The van der Waals surface area contributed by atoms with E-state index in [1.54, 1.807) is 6.07 Å². The zero-order chi connectivity index (χ0) is 45.5. The molecular weight excluding hydrogens is 818 g/mol. The van der Waals surface area contributed by atoms with Gasteiger partial charge in [0.25, 0.3) is 0 Å². The summed E-state index contributed by atoms with van der Waals surface area (Å²) in [5.74, 6) is -10.7. The molecule has 62 heavy (non-hydrogen) atoms. The van der Waals surface area contributed by atoms with Gasteiger partial charge in [0.1, 0.15) is 42.0 Å². The molecule has 1 aromatic heterocycles. The van der Waals surface area contributed by atoms with Gasteiger partial charge >= 0.3 is 47.8 Å². The Morgan fingerprint density at radius 1 is 0.774 bits per heavy atom. The number of rotatable bonds is 8. The number of aryl methyl sites for hydroxylation is 1. The molecule has 0 radical (unpaired) electrons. The Morgan fingerprint density at radius 3 is 1.98 bits per heavy atom. The van der Waals surface area contributed by atoms with Gasteiger partial charge in [0.05, 0.1) is 28.7 Å². The number of benzene rings is 1. The van der Waals surface area contributed by atoms with Crippen LogP contribution in [0, 0.1) is 17.3 Å². The molecule has 3 fully saturated rings. The summed E-state index contributed by atoms with van der Waals surface area (Å²) in [4.78, 5) is 113. The molecule has 19 heteroatoms.